The third-order valence-corrected chi connectivity index (χ3v) is 14.3. The molecule has 0 radical (unpaired) electrons. The van der Waals surface area contributed by atoms with E-state index in [-0.39, 0.29) is 12.2 Å². The van der Waals surface area contributed by atoms with Crippen molar-refractivity contribution in [2.24, 2.45) is 22.7 Å². The highest BCUT2D eigenvalue weighted by Crippen LogP contribution is 2.57. The van der Waals surface area contributed by atoms with Crippen LogP contribution in [0.1, 0.15) is 107 Å². The second-order valence-electron chi connectivity index (χ2n) is 18.6. The van der Waals surface area contributed by atoms with Crippen LogP contribution < -0.4 is 0 Å². The molecule has 15 heteroatoms. The first-order chi connectivity index (χ1) is 25.9. The molecule has 308 valence electrons. The third-order valence-electron chi connectivity index (χ3n) is 14.3. The van der Waals surface area contributed by atoms with Crippen molar-refractivity contribution in [1.82, 2.24) is 0 Å². The van der Waals surface area contributed by atoms with E-state index in [0.29, 0.717) is 51.4 Å². The average Bonchev–Trinajstić information content (AvgIpc) is 3.84. The Labute approximate surface area is 323 Å². The Bertz CT molecular complexity index is 1440. The van der Waals surface area contributed by atoms with Gasteiger partial charge in [0.15, 0.2) is 23.8 Å². The van der Waals surface area contributed by atoms with Gasteiger partial charge in [0.05, 0.1) is 48.8 Å². The standard InChI is InChI=1S/C40H60BO14/c1-21-15-17-31-37(5,6)29(42)13-9-11-26-20-28(24(4)47-26)49-36(45)34-40-22(2)16-18-32(51-40)38(7,8)30(43)14-10-12-25-19-27(23(3)46-25)48-35(44)33-39(21,50-31)54-41(52-33,53-34)55-40/h9-12,21-34,42-43H,13-20H2,1-8H3/q-1/b11-9+,12-10+/t21-,22-,23-,24-,25+,26+,27+,28+,29-,30-,31-,32-,33+,34+,39+,40+,41?/m1/s1. The number of fused-ring (bicyclic) bond motifs is 8. The van der Waals surface area contributed by atoms with Crippen molar-refractivity contribution in [2.45, 2.75) is 192 Å². The van der Waals surface area contributed by atoms with Crippen LogP contribution in [0.15, 0.2) is 24.3 Å². The lowest BCUT2D eigenvalue weighted by Gasteiger charge is -2.52. The van der Waals surface area contributed by atoms with E-state index in [2.05, 4.69) is 0 Å². The molecule has 11 bridgehead atoms. The van der Waals surface area contributed by atoms with E-state index in [1.807, 2.05) is 79.7 Å². The summed E-state index contributed by atoms with van der Waals surface area (Å²) in [5.74, 6) is -6.02. The van der Waals surface area contributed by atoms with Crippen LogP contribution in [0, 0.1) is 22.7 Å². The molecule has 6 fully saturated rings. The van der Waals surface area contributed by atoms with Gasteiger partial charge in [0.2, 0.25) is 0 Å². The van der Waals surface area contributed by atoms with Crippen LogP contribution >= 0.6 is 0 Å². The molecule has 3 spiro atoms. The van der Waals surface area contributed by atoms with E-state index >= 15 is 0 Å². The number of aliphatic hydroxyl groups excluding tert-OH is 2. The summed E-state index contributed by atoms with van der Waals surface area (Å²) >= 11 is 0. The molecule has 16 atom stereocenters. The molecule has 55 heavy (non-hydrogen) atoms. The molecule has 0 aliphatic carbocycles. The Morgan fingerprint density at radius 2 is 1.04 bits per heavy atom. The van der Waals surface area contributed by atoms with Gasteiger partial charge in [-0.25, -0.2) is 9.59 Å². The maximum absolute atomic E-state index is 14.6. The van der Waals surface area contributed by atoms with E-state index in [1.54, 1.807) is 0 Å². The molecule has 14 nitrogen and oxygen atoms in total. The summed E-state index contributed by atoms with van der Waals surface area (Å²) in [6.45, 7) is 11.8. The second-order valence-corrected chi connectivity index (χ2v) is 18.6. The molecule has 0 saturated carbocycles. The van der Waals surface area contributed by atoms with Crippen LogP contribution in [0.5, 0.6) is 0 Å². The molecule has 8 aliphatic rings. The molecule has 8 heterocycles. The molecular formula is C40H60BO14-. The summed E-state index contributed by atoms with van der Waals surface area (Å²) in [7, 11) is 0. The van der Waals surface area contributed by atoms with Gasteiger partial charge >= 0.3 is 18.9 Å². The van der Waals surface area contributed by atoms with E-state index in [1.165, 1.54) is 0 Å². The van der Waals surface area contributed by atoms with E-state index in [4.69, 9.17) is 47.0 Å². The molecule has 0 amide bonds. The molecule has 0 aromatic heterocycles. The molecule has 0 aromatic rings. The first-order valence-electron chi connectivity index (χ1n) is 20.5. The van der Waals surface area contributed by atoms with E-state index in [9.17, 15) is 19.8 Å². The van der Waals surface area contributed by atoms with Gasteiger partial charge in [-0.1, -0.05) is 65.8 Å². The smallest absolute Gasteiger partial charge is 0.504 e. The van der Waals surface area contributed by atoms with Crippen LogP contribution in [0.2, 0.25) is 0 Å². The fourth-order valence-electron chi connectivity index (χ4n) is 10.1. The van der Waals surface area contributed by atoms with Gasteiger partial charge in [0.25, 0.3) is 0 Å². The lowest BCUT2D eigenvalue weighted by Crippen LogP contribution is -2.61. The van der Waals surface area contributed by atoms with Crippen molar-refractivity contribution in [1.29, 1.82) is 0 Å². The van der Waals surface area contributed by atoms with Crippen molar-refractivity contribution in [3.05, 3.63) is 24.3 Å². The predicted molar refractivity (Wildman–Crippen MR) is 194 cm³/mol. The SMILES string of the molecule is C[C@@H]1CC[C@H]2O[C@]13O[B-]14O[C@H]3C(=O)O[C@H]3C[C@H](/C=C/C[C@@H](O)C(C)(C)[C@H]5CC[C@@H](C)[C@](O5)(O1)[C@@H](O4)C(=O)O[C@H]1C[C@H](/C=C/C[C@@H](O)C2(C)C)O[C@@H]1C)O[C@@H]3C. The Morgan fingerprint density at radius 1 is 0.636 bits per heavy atom. The molecule has 0 unspecified atom stereocenters. The highest BCUT2D eigenvalue weighted by Gasteiger charge is 2.73. The van der Waals surface area contributed by atoms with Gasteiger partial charge in [-0.05, 0) is 52.4 Å². The Kier molecular flexibility index (Phi) is 10.2. The zero-order valence-corrected chi connectivity index (χ0v) is 33.4. The highest BCUT2D eigenvalue weighted by molar-refractivity contribution is 6.56. The topological polar surface area (TPSA) is 167 Å². The lowest BCUT2D eigenvalue weighted by molar-refractivity contribution is -0.310. The maximum atomic E-state index is 14.6. The largest absolute Gasteiger partial charge is 0.536 e. The van der Waals surface area contributed by atoms with Crippen molar-refractivity contribution in [2.75, 3.05) is 0 Å². The average molecular weight is 776 g/mol. The number of ether oxygens (including phenoxy) is 6. The molecule has 0 aromatic carbocycles. The van der Waals surface area contributed by atoms with E-state index in [0.717, 1.165) is 0 Å². The first-order valence-corrected chi connectivity index (χ1v) is 20.5. The summed E-state index contributed by atoms with van der Waals surface area (Å²) in [5.41, 5.74) is -1.64. The lowest BCUT2D eigenvalue weighted by atomic mass is 9.73. The van der Waals surface area contributed by atoms with Crippen molar-refractivity contribution >= 4 is 18.9 Å². The van der Waals surface area contributed by atoms with Gasteiger partial charge in [0, 0.05) is 35.5 Å². The normalized spacial score (nSPS) is 53.3. The minimum Gasteiger partial charge on any atom is -0.504 e. The second kappa shape index (κ2) is 14.1. The van der Waals surface area contributed by atoms with Crippen LogP contribution in [-0.2, 0) is 56.6 Å². The minimum absolute atomic E-state index is 0.318. The quantitative estimate of drug-likeness (QED) is 0.205. The zero-order valence-electron chi connectivity index (χ0n) is 33.4. The first kappa shape index (κ1) is 39.9. The van der Waals surface area contributed by atoms with Crippen LogP contribution in [0.3, 0.4) is 0 Å². The maximum Gasteiger partial charge on any atom is 0.536 e. The molecule has 8 rings (SSSR count). The molecule has 8 aliphatic heterocycles. The zero-order chi connectivity index (χ0) is 39.3. The fraction of sp³-hybridized carbons (Fsp3) is 0.850. The van der Waals surface area contributed by atoms with Gasteiger partial charge in [0.1, 0.15) is 12.2 Å². The van der Waals surface area contributed by atoms with Gasteiger partial charge in [-0.3, -0.25) is 0 Å². The summed E-state index contributed by atoms with van der Waals surface area (Å²) in [4.78, 5) is 29.2. The monoisotopic (exact) mass is 775 g/mol. The fourth-order valence-corrected chi connectivity index (χ4v) is 10.1. The summed E-state index contributed by atoms with van der Waals surface area (Å²) in [5, 5.41) is 23.3. The Balaban J connectivity index is 1.27. The molecule has 2 N–H and O–H groups in total. The molecular weight excluding hydrogens is 715 g/mol. The number of carbonyl (C=O) groups is 2. The number of rotatable bonds is 0. The number of esters is 2. The summed E-state index contributed by atoms with van der Waals surface area (Å²) in [6, 6.07) is 0. The third kappa shape index (κ3) is 6.66. The van der Waals surface area contributed by atoms with Crippen LogP contribution in [0.4, 0.5) is 0 Å². The van der Waals surface area contributed by atoms with Gasteiger partial charge in [-0.15, -0.1) is 0 Å². The van der Waals surface area contributed by atoms with Crippen molar-refractivity contribution in [3.63, 3.8) is 0 Å². The van der Waals surface area contributed by atoms with Gasteiger partial charge < -0.3 is 57.3 Å². The number of aliphatic hydroxyl groups is 2. The Hall–Kier alpha value is -1.92. The summed E-state index contributed by atoms with van der Waals surface area (Å²) in [6.07, 6.45) is 2.49. The van der Waals surface area contributed by atoms with E-state index < -0.39 is 114 Å². The molecule has 6 saturated heterocycles. The van der Waals surface area contributed by atoms with Gasteiger partial charge in [-0.2, -0.15) is 0 Å². The van der Waals surface area contributed by atoms with Crippen molar-refractivity contribution < 1.29 is 66.8 Å². The minimum atomic E-state index is -3.42. The predicted octanol–water partition coefficient (Wildman–Crippen LogP) is 4.15. The Morgan fingerprint density at radius 3 is 1.44 bits per heavy atom. The number of hydrogen-bond donors (Lipinski definition) is 2. The van der Waals surface area contributed by atoms with Crippen LogP contribution in [-0.4, -0.2) is 114 Å². The van der Waals surface area contributed by atoms with Crippen molar-refractivity contribution in [3.8, 4) is 0 Å². The summed E-state index contributed by atoms with van der Waals surface area (Å²) < 4.78 is 65.8. The van der Waals surface area contributed by atoms with Crippen LogP contribution in [0.25, 0.3) is 0 Å². The number of hydrogen-bond acceptors (Lipinski definition) is 14. The highest BCUT2D eigenvalue weighted by atomic mass is 17.0. The number of carbonyl (C=O) groups excluding carboxylic acids is 2.